The zero-order valence-corrected chi connectivity index (χ0v) is 17.7. The van der Waals surface area contributed by atoms with Crippen molar-refractivity contribution in [2.45, 2.75) is 24.5 Å². The Balaban J connectivity index is 1.15. The number of phenols is 1. The predicted molar refractivity (Wildman–Crippen MR) is 122 cm³/mol. The summed E-state index contributed by atoms with van der Waals surface area (Å²) in [6, 6.07) is 16.5. The van der Waals surface area contributed by atoms with Gasteiger partial charge in [-0.05, 0) is 29.8 Å². The van der Waals surface area contributed by atoms with E-state index in [1.807, 2.05) is 12.1 Å². The third-order valence-electron chi connectivity index (χ3n) is 7.41. The van der Waals surface area contributed by atoms with Crippen LogP contribution in [0, 0.1) is 5.92 Å². The van der Waals surface area contributed by atoms with E-state index in [0.717, 1.165) is 52.1 Å². The Hall–Kier alpha value is -2.61. The molecular formula is C24H30N6O. The summed E-state index contributed by atoms with van der Waals surface area (Å²) in [5.74, 6) is 2.00. The molecule has 162 valence electrons. The van der Waals surface area contributed by atoms with Crippen LogP contribution in [0.15, 0.2) is 53.5 Å². The molecule has 2 aromatic rings. The van der Waals surface area contributed by atoms with Gasteiger partial charge in [-0.2, -0.15) is 0 Å². The average molecular weight is 419 g/mol. The van der Waals surface area contributed by atoms with Gasteiger partial charge < -0.3 is 20.2 Å². The van der Waals surface area contributed by atoms with Crippen molar-refractivity contribution < 1.29 is 5.11 Å². The van der Waals surface area contributed by atoms with Gasteiger partial charge in [0.1, 0.15) is 17.2 Å². The second-order valence-electron chi connectivity index (χ2n) is 9.21. The van der Waals surface area contributed by atoms with Crippen molar-refractivity contribution in [2.75, 3.05) is 44.6 Å². The molecule has 7 nitrogen and oxygen atoms in total. The fourth-order valence-corrected chi connectivity index (χ4v) is 5.77. The standard InChI is InChI=1S/C24H30N6O/c31-19-7-5-17(6-8-19)22-18(15-26-28-22)16-29-12-9-24(10-13-29)27-21-4-2-1-3-20(21)23-25-11-14-30(23)24/h1-8,18,22,26-28,31H,9-16H2. The SMILES string of the molecule is Oc1ccc(C2NNCC2CN2CCC3(CC2)Nc2ccccc2C2=NCCN23)cc1. The number of piperidine rings is 1. The Labute approximate surface area is 183 Å². The lowest BCUT2D eigenvalue weighted by Gasteiger charge is -2.52. The van der Waals surface area contributed by atoms with Gasteiger partial charge in [-0.25, -0.2) is 5.43 Å². The van der Waals surface area contributed by atoms with Crippen LogP contribution in [0.5, 0.6) is 5.75 Å². The van der Waals surface area contributed by atoms with E-state index in [1.54, 1.807) is 12.1 Å². The molecular weight excluding hydrogens is 388 g/mol. The number of nitrogens with zero attached hydrogens (tertiary/aromatic N) is 3. The van der Waals surface area contributed by atoms with Gasteiger partial charge in [0.2, 0.25) is 0 Å². The highest BCUT2D eigenvalue weighted by molar-refractivity contribution is 6.06. The van der Waals surface area contributed by atoms with Crippen molar-refractivity contribution in [3.8, 4) is 5.75 Å². The highest BCUT2D eigenvalue weighted by atomic mass is 16.3. The molecule has 1 spiro atoms. The number of hydrogen-bond donors (Lipinski definition) is 4. The highest BCUT2D eigenvalue weighted by Gasteiger charge is 2.46. The summed E-state index contributed by atoms with van der Waals surface area (Å²) in [4.78, 5) is 10.0. The molecule has 2 unspecified atom stereocenters. The van der Waals surface area contributed by atoms with Gasteiger partial charge >= 0.3 is 0 Å². The van der Waals surface area contributed by atoms with Gasteiger partial charge in [-0.15, -0.1) is 0 Å². The van der Waals surface area contributed by atoms with E-state index in [9.17, 15) is 5.11 Å². The maximum absolute atomic E-state index is 9.61. The number of phenolic OH excluding ortho intramolecular Hbond substituents is 1. The zero-order chi connectivity index (χ0) is 20.8. The van der Waals surface area contributed by atoms with E-state index in [0.29, 0.717) is 11.7 Å². The molecule has 4 N–H and O–H groups in total. The Morgan fingerprint density at radius 3 is 2.68 bits per heavy atom. The number of anilines is 1. The first kappa shape index (κ1) is 19.1. The number of hydrazine groups is 1. The lowest BCUT2D eigenvalue weighted by Crippen LogP contribution is -2.63. The normalized spacial score (nSPS) is 27.0. The second kappa shape index (κ2) is 7.51. The topological polar surface area (TPSA) is 75.2 Å². The molecule has 0 amide bonds. The van der Waals surface area contributed by atoms with Crippen molar-refractivity contribution >= 4 is 11.5 Å². The summed E-state index contributed by atoms with van der Waals surface area (Å²) in [5, 5.41) is 13.5. The van der Waals surface area contributed by atoms with Crippen LogP contribution in [0.3, 0.4) is 0 Å². The van der Waals surface area contributed by atoms with E-state index in [1.165, 1.54) is 22.6 Å². The van der Waals surface area contributed by atoms with Crippen molar-refractivity contribution in [3.63, 3.8) is 0 Å². The van der Waals surface area contributed by atoms with E-state index >= 15 is 0 Å². The van der Waals surface area contributed by atoms with Crippen molar-refractivity contribution in [1.82, 2.24) is 20.7 Å². The lowest BCUT2D eigenvalue weighted by atomic mass is 9.88. The number of para-hydroxylation sites is 1. The minimum Gasteiger partial charge on any atom is -0.508 e. The van der Waals surface area contributed by atoms with Crippen LogP contribution in [0.1, 0.15) is 30.0 Å². The van der Waals surface area contributed by atoms with E-state index < -0.39 is 0 Å². The monoisotopic (exact) mass is 418 g/mol. The Morgan fingerprint density at radius 1 is 1.03 bits per heavy atom. The molecule has 4 heterocycles. The molecule has 4 aliphatic rings. The second-order valence-corrected chi connectivity index (χ2v) is 9.21. The van der Waals surface area contributed by atoms with E-state index in [-0.39, 0.29) is 11.7 Å². The number of benzene rings is 2. The minimum atomic E-state index is -0.0112. The van der Waals surface area contributed by atoms with Crippen molar-refractivity contribution in [1.29, 1.82) is 0 Å². The number of likely N-dealkylation sites (tertiary alicyclic amines) is 1. The first-order chi connectivity index (χ1) is 15.2. The van der Waals surface area contributed by atoms with Gasteiger partial charge in [0.15, 0.2) is 0 Å². The molecule has 2 atom stereocenters. The third kappa shape index (κ3) is 3.28. The van der Waals surface area contributed by atoms with Crippen molar-refractivity contribution in [2.24, 2.45) is 10.9 Å². The van der Waals surface area contributed by atoms with Gasteiger partial charge in [0.25, 0.3) is 0 Å². The average Bonchev–Trinajstić information content (AvgIpc) is 3.47. The Morgan fingerprint density at radius 2 is 1.84 bits per heavy atom. The molecule has 0 radical (unpaired) electrons. The molecule has 7 heteroatoms. The van der Waals surface area contributed by atoms with Gasteiger partial charge in [-0.3, -0.25) is 10.4 Å². The lowest BCUT2D eigenvalue weighted by molar-refractivity contribution is 0.0835. The first-order valence-electron chi connectivity index (χ1n) is 11.4. The summed E-state index contributed by atoms with van der Waals surface area (Å²) in [6.45, 7) is 6.09. The number of aromatic hydroxyl groups is 1. The fourth-order valence-electron chi connectivity index (χ4n) is 5.77. The summed E-state index contributed by atoms with van der Waals surface area (Å²) in [6.07, 6.45) is 2.19. The highest BCUT2D eigenvalue weighted by Crippen LogP contribution is 2.40. The number of hydrogen-bond acceptors (Lipinski definition) is 7. The molecule has 6 rings (SSSR count). The van der Waals surface area contributed by atoms with Crippen LogP contribution >= 0.6 is 0 Å². The molecule has 0 saturated carbocycles. The van der Waals surface area contributed by atoms with Crippen molar-refractivity contribution in [3.05, 3.63) is 59.7 Å². The molecule has 31 heavy (non-hydrogen) atoms. The van der Waals surface area contributed by atoms with Gasteiger partial charge in [0, 0.05) is 62.7 Å². The zero-order valence-electron chi connectivity index (χ0n) is 17.7. The quantitative estimate of drug-likeness (QED) is 0.612. The molecule has 2 fully saturated rings. The summed E-state index contributed by atoms with van der Waals surface area (Å²) in [7, 11) is 0. The fraction of sp³-hybridized carbons (Fsp3) is 0.458. The maximum atomic E-state index is 9.61. The molecule has 0 aliphatic carbocycles. The van der Waals surface area contributed by atoms with Crippen LogP contribution in [-0.4, -0.2) is 65.7 Å². The number of aliphatic imine (C=N–C) groups is 1. The molecule has 2 aromatic carbocycles. The number of amidine groups is 1. The molecule has 0 aromatic heterocycles. The summed E-state index contributed by atoms with van der Waals surface area (Å²) < 4.78 is 0. The summed E-state index contributed by atoms with van der Waals surface area (Å²) >= 11 is 0. The smallest absolute Gasteiger partial charge is 0.134 e. The van der Waals surface area contributed by atoms with Crippen LogP contribution in [-0.2, 0) is 0 Å². The molecule has 2 saturated heterocycles. The van der Waals surface area contributed by atoms with Gasteiger partial charge in [-0.1, -0.05) is 24.3 Å². The number of rotatable bonds is 3. The largest absolute Gasteiger partial charge is 0.508 e. The van der Waals surface area contributed by atoms with Gasteiger partial charge in [0.05, 0.1) is 12.6 Å². The summed E-state index contributed by atoms with van der Waals surface area (Å²) in [5.41, 5.74) is 10.5. The predicted octanol–water partition coefficient (Wildman–Crippen LogP) is 2.14. The van der Waals surface area contributed by atoms with Crippen LogP contribution in [0.4, 0.5) is 5.69 Å². The molecule has 0 bridgehead atoms. The number of nitrogens with one attached hydrogen (secondary N) is 3. The van der Waals surface area contributed by atoms with E-state index in [2.05, 4.69) is 50.2 Å². The Kier molecular flexibility index (Phi) is 4.63. The van der Waals surface area contributed by atoms with E-state index in [4.69, 9.17) is 4.99 Å². The maximum Gasteiger partial charge on any atom is 0.134 e. The molecule has 4 aliphatic heterocycles. The Bertz CT molecular complexity index is 982. The van der Waals surface area contributed by atoms with Crippen LogP contribution < -0.4 is 16.2 Å². The van der Waals surface area contributed by atoms with Crippen LogP contribution in [0.2, 0.25) is 0 Å². The number of fused-ring (bicyclic) bond motifs is 4. The third-order valence-corrected chi connectivity index (χ3v) is 7.41. The first-order valence-corrected chi connectivity index (χ1v) is 11.4. The van der Waals surface area contributed by atoms with Crippen LogP contribution in [0.25, 0.3) is 0 Å². The minimum absolute atomic E-state index is 0.0112.